The average molecular weight is 409 g/mol. The maximum atomic E-state index is 13.2. The Hall–Kier alpha value is -2.13. The summed E-state index contributed by atoms with van der Waals surface area (Å²) in [6.07, 6.45) is -2.42. The SMILES string of the molecule is CC(C)n1nc(-c2cnc(N)c(C(F)(F)F)c2)cc1C1[C@H]2CN(CCCO)C[C@@H]12. The number of rotatable bonds is 6. The largest absolute Gasteiger partial charge is 0.419 e. The van der Waals surface area contributed by atoms with Gasteiger partial charge < -0.3 is 15.7 Å². The van der Waals surface area contributed by atoms with E-state index in [4.69, 9.17) is 10.8 Å². The Labute approximate surface area is 167 Å². The average Bonchev–Trinajstić information content (AvgIpc) is 3.00. The summed E-state index contributed by atoms with van der Waals surface area (Å²) in [4.78, 5) is 6.12. The van der Waals surface area contributed by atoms with Gasteiger partial charge in [0.05, 0.1) is 11.3 Å². The zero-order valence-corrected chi connectivity index (χ0v) is 16.5. The number of aliphatic hydroxyl groups excluding tert-OH is 1. The first-order chi connectivity index (χ1) is 13.7. The zero-order chi connectivity index (χ0) is 20.9. The Morgan fingerprint density at radius 1 is 1.24 bits per heavy atom. The van der Waals surface area contributed by atoms with Crippen molar-refractivity contribution >= 4 is 5.82 Å². The highest BCUT2D eigenvalue weighted by Gasteiger charge is 2.57. The highest BCUT2D eigenvalue weighted by Crippen LogP contribution is 2.58. The lowest BCUT2D eigenvalue weighted by Gasteiger charge is -2.19. The number of hydrogen-bond donors (Lipinski definition) is 2. The predicted molar refractivity (Wildman–Crippen MR) is 103 cm³/mol. The molecule has 3 N–H and O–H groups in total. The van der Waals surface area contributed by atoms with E-state index in [2.05, 4.69) is 15.0 Å². The van der Waals surface area contributed by atoms with Gasteiger partial charge in [0.15, 0.2) is 0 Å². The van der Waals surface area contributed by atoms with Gasteiger partial charge in [-0.05, 0) is 44.2 Å². The smallest absolute Gasteiger partial charge is 0.396 e. The van der Waals surface area contributed by atoms with Crippen LogP contribution in [0.25, 0.3) is 11.3 Å². The fourth-order valence-electron chi connectivity index (χ4n) is 4.58. The second-order valence-corrected chi connectivity index (χ2v) is 8.34. The number of nitrogen functional groups attached to an aromatic ring is 1. The standard InChI is InChI=1S/C20H26F3N5O/c1-11(2)28-17(18-13-9-27(4-3-5-29)10-14(13)18)7-16(26-28)12-6-15(20(21,22)23)19(24)25-8-12/h6-8,11,13-14,18,29H,3-5,9-10H2,1-2H3,(H2,24,25)/t13-,14+,18?. The summed E-state index contributed by atoms with van der Waals surface area (Å²) >= 11 is 0. The Bertz CT molecular complexity index is 883. The minimum Gasteiger partial charge on any atom is -0.396 e. The molecule has 2 aliphatic rings. The number of fused-ring (bicyclic) bond motifs is 1. The van der Waals surface area contributed by atoms with Crippen LogP contribution in [-0.2, 0) is 6.18 Å². The molecule has 2 fully saturated rings. The Kier molecular flexibility index (Phi) is 5.06. The number of nitrogens with two attached hydrogens (primary N) is 1. The normalized spacial score (nSPS) is 24.3. The van der Waals surface area contributed by atoms with Crippen molar-refractivity contribution in [2.24, 2.45) is 11.8 Å². The molecule has 1 unspecified atom stereocenters. The van der Waals surface area contributed by atoms with E-state index in [-0.39, 0.29) is 12.6 Å². The third kappa shape index (κ3) is 3.73. The summed E-state index contributed by atoms with van der Waals surface area (Å²) in [6, 6.07) is 3.05. The van der Waals surface area contributed by atoms with Crippen LogP contribution < -0.4 is 5.73 Å². The van der Waals surface area contributed by atoms with Gasteiger partial charge in [0.1, 0.15) is 5.82 Å². The van der Waals surface area contributed by atoms with Gasteiger partial charge >= 0.3 is 6.18 Å². The quantitative estimate of drug-likeness (QED) is 0.766. The molecule has 0 radical (unpaired) electrons. The van der Waals surface area contributed by atoms with Crippen molar-refractivity contribution in [2.45, 2.75) is 38.4 Å². The molecule has 0 aromatic carbocycles. The van der Waals surface area contributed by atoms with Crippen LogP contribution in [0.1, 0.15) is 43.5 Å². The number of hydrogen-bond acceptors (Lipinski definition) is 5. The van der Waals surface area contributed by atoms with Crippen molar-refractivity contribution in [2.75, 3.05) is 32.0 Å². The van der Waals surface area contributed by atoms with Crippen LogP contribution in [0.4, 0.5) is 19.0 Å². The Morgan fingerprint density at radius 2 is 1.93 bits per heavy atom. The molecule has 0 spiro atoms. The summed E-state index contributed by atoms with van der Waals surface area (Å²) in [7, 11) is 0. The molecule has 158 valence electrons. The molecule has 3 atom stereocenters. The molecule has 1 saturated heterocycles. The number of nitrogens with zero attached hydrogens (tertiary/aromatic N) is 4. The van der Waals surface area contributed by atoms with Crippen molar-refractivity contribution in [3.05, 3.63) is 29.6 Å². The lowest BCUT2D eigenvalue weighted by Crippen LogP contribution is -2.26. The van der Waals surface area contributed by atoms with Crippen molar-refractivity contribution in [1.82, 2.24) is 19.7 Å². The molecular formula is C20H26F3N5O. The third-order valence-corrected chi connectivity index (χ3v) is 6.02. The van der Waals surface area contributed by atoms with E-state index in [0.717, 1.165) is 37.8 Å². The van der Waals surface area contributed by atoms with E-state index < -0.39 is 17.6 Å². The monoisotopic (exact) mass is 409 g/mol. The van der Waals surface area contributed by atoms with Gasteiger partial charge in [0.2, 0.25) is 0 Å². The topological polar surface area (TPSA) is 80.2 Å². The van der Waals surface area contributed by atoms with Crippen LogP contribution in [-0.4, -0.2) is 51.0 Å². The van der Waals surface area contributed by atoms with Gasteiger partial charge in [-0.1, -0.05) is 0 Å². The number of anilines is 1. The van der Waals surface area contributed by atoms with Crippen LogP contribution in [0.15, 0.2) is 18.3 Å². The molecular weight excluding hydrogens is 383 g/mol. The van der Waals surface area contributed by atoms with E-state index in [1.165, 1.54) is 6.20 Å². The Balaban J connectivity index is 1.60. The molecule has 1 aliphatic carbocycles. The molecule has 6 nitrogen and oxygen atoms in total. The number of likely N-dealkylation sites (tertiary alicyclic amines) is 1. The number of pyridine rings is 1. The predicted octanol–water partition coefficient (Wildman–Crippen LogP) is 3.15. The maximum absolute atomic E-state index is 13.2. The summed E-state index contributed by atoms with van der Waals surface area (Å²) in [5.41, 5.74) is 6.39. The zero-order valence-electron chi connectivity index (χ0n) is 16.5. The van der Waals surface area contributed by atoms with E-state index in [9.17, 15) is 13.2 Å². The van der Waals surface area contributed by atoms with Crippen molar-refractivity contribution in [3.8, 4) is 11.3 Å². The molecule has 3 heterocycles. The summed E-state index contributed by atoms with van der Waals surface area (Å²) in [5.74, 6) is 0.953. The number of piperidine rings is 1. The fraction of sp³-hybridized carbons (Fsp3) is 0.600. The summed E-state index contributed by atoms with van der Waals surface area (Å²) < 4.78 is 41.6. The first-order valence-electron chi connectivity index (χ1n) is 9.96. The molecule has 1 saturated carbocycles. The highest BCUT2D eigenvalue weighted by atomic mass is 19.4. The van der Waals surface area contributed by atoms with E-state index in [1.807, 2.05) is 24.6 Å². The Morgan fingerprint density at radius 3 is 2.52 bits per heavy atom. The van der Waals surface area contributed by atoms with Crippen molar-refractivity contribution < 1.29 is 18.3 Å². The van der Waals surface area contributed by atoms with Gasteiger partial charge in [0.25, 0.3) is 0 Å². The third-order valence-electron chi connectivity index (χ3n) is 6.02. The van der Waals surface area contributed by atoms with Crippen LogP contribution in [0.5, 0.6) is 0 Å². The van der Waals surface area contributed by atoms with Crippen LogP contribution in [0.3, 0.4) is 0 Å². The number of alkyl halides is 3. The van der Waals surface area contributed by atoms with Crippen LogP contribution >= 0.6 is 0 Å². The number of halogens is 3. The first-order valence-corrected chi connectivity index (χ1v) is 9.96. The van der Waals surface area contributed by atoms with Crippen molar-refractivity contribution in [1.29, 1.82) is 0 Å². The van der Waals surface area contributed by atoms with Gasteiger partial charge in [-0.3, -0.25) is 4.68 Å². The van der Waals surface area contributed by atoms with E-state index in [1.54, 1.807) is 0 Å². The molecule has 2 aromatic rings. The molecule has 0 amide bonds. The summed E-state index contributed by atoms with van der Waals surface area (Å²) in [5, 5.41) is 13.6. The molecule has 2 aromatic heterocycles. The highest BCUT2D eigenvalue weighted by molar-refractivity contribution is 5.63. The molecule has 1 aliphatic heterocycles. The van der Waals surface area contributed by atoms with E-state index >= 15 is 0 Å². The van der Waals surface area contributed by atoms with Gasteiger partial charge in [0, 0.05) is 55.7 Å². The van der Waals surface area contributed by atoms with Crippen molar-refractivity contribution in [3.63, 3.8) is 0 Å². The van der Waals surface area contributed by atoms with Crippen LogP contribution in [0, 0.1) is 11.8 Å². The van der Waals surface area contributed by atoms with Gasteiger partial charge in [-0.2, -0.15) is 18.3 Å². The van der Waals surface area contributed by atoms with E-state index in [0.29, 0.717) is 29.0 Å². The number of aromatic nitrogens is 3. The molecule has 29 heavy (non-hydrogen) atoms. The van der Waals surface area contributed by atoms with Crippen LogP contribution in [0.2, 0.25) is 0 Å². The van der Waals surface area contributed by atoms with Gasteiger partial charge in [-0.15, -0.1) is 0 Å². The lowest BCUT2D eigenvalue weighted by molar-refractivity contribution is -0.137. The minimum absolute atomic E-state index is 0.106. The minimum atomic E-state index is -4.55. The summed E-state index contributed by atoms with van der Waals surface area (Å²) in [6.45, 7) is 7.14. The number of aliphatic hydroxyl groups is 1. The molecule has 4 rings (SSSR count). The molecule has 9 heteroatoms. The maximum Gasteiger partial charge on any atom is 0.419 e. The molecule has 0 bridgehead atoms. The fourth-order valence-corrected chi connectivity index (χ4v) is 4.58. The second-order valence-electron chi connectivity index (χ2n) is 8.34. The second kappa shape index (κ2) is 7.28. The first kappa shape index (κ1) is 20.2. The lowest BCUT2D eigenvalue weighted by atomic mass is 10.1. The van der Waals surface area contributed by atoms with Gasteiger partial charge in [-0.25, -0.2) is 4.98 Å².